The lowest BCUT2D eigenvalue weighted by molar-refractivity contribution is -0.131. The SMILES string of the molecule is CN(Cc1cnn(C)c1)C(=O)C1CC1. The molecular weight excluding hydrogens is 178 g/mol. The summed E-state index contributed by atoms with van der Waals surface area (Å²) in [6.07, 6.45) is 5.87. The molecule has 2 rings (SSSR count). The summed E-state index contributed by atoms with van der Waals surface area (Å²) >= 11 is 0. The summed E-state index contributed by atoms with van der Waals surface area (Å²) in [4.78, 5) is 13.4. The summed E-state index contributed by atoms with van der Waals surface area (Å²) in [6, 6.07) is 0. The lowest BCUT2D eigenvalue weighted by Crippen LogP contribution is -2.27. The van der Waals surface area contributed by atoms with Gasteiger partial charge in [-0.05, 0) is 12.8 Å². The first-order chi connectivity index (χ1) is 6.66. The topological polar surface area (TPSA) is 38.1 Å². The van der Waals surface area contributed by atoms with Crippen LogP contribution in [0.2, 0.25) is 0 Å². The first-order valence-electron chi connectivity index (χ1n) is 4.89. The van der Waals surface area contributed by atoms with E-state index in [4.69, 9.17) is 0 Å². The summed E-state index contributed by atoms with van der Waals surface area (Å²) in [7, 11) is 3.74. The van der Waals surface area contributed by atoms with Gasteiger partial charge in [-0.2, -0.15) is 5.10 Å². The van der Waals surface area contributed by atoms with Gasteiger partial charge in [0, 0.05) is 38.3 Å². The molecule has 0 aromatic carbocycles. The predicted molar refractivity (Wildman–Crippen MR) is 52.4 cm³/mol. The Labute approximate surface area is 83.5 Å². The smallest absolute Gasteiger partial charge is 0.225 e. The van der Waals surface area contributed by atoms with E-state index in [1.165, 1.54) is 0 Å². The highest BCUT2D eigenvalue weighted by Gasteiger charge is 2.31. The monoisotopic (exact) mass is 193 g/mol. The molecule has 0 saturated heterocycles. The average molecular weight is 193 g/mol. The highest BCUT2D eigenvalue weighted by Crippen LogP contribution is 2.30. The van der Waals surface area contributed by atoms with Gasteiger partial charge >= 0.3 is 0 Å². The maximum atomic E-state index is 11.6. The summed E-state index contributed by atoms with van der Waals surface area (Å²) in [6.45, 7) is 0.670. The number of rotatable bonds is 3. The molecule has 1 heterocycles. The normalized spacial score (nSPS) is 15.6. The van der Waals surface area contributed by atoms with Gasteiger partial charge in [-0.25, -0.2) is 0 Å². The van der Waals surface area contributed by atoms with Crippen molar-refractivity contribution in [2.24, 2.45) is 13.0 Å². The molecule has 0 unspecified atom stereocenters. The number of aromatic nitrogens is 2. The molecule has 1 amide bonds. The van der Waals surface area contributed by atoms with Crippen molar-refractivity contribution in [2.75, 3.05) is 7.05 Å². The zero-order valence-electron chi connectivity index (χ0n) is 8.60. The van der Waals surface area contributed by atoms with E-state index in [9.17, 15) is 4.79 Å². The molecule has 1 aromatic heterocycles. The summed E-state index contributed by atoms with van der Waals surface area (Å²) in [5, 5.41) is 4.07. The predicted octanol–water partition coefficient (Wildman–Crippen LogP) is 0.788. The van der Waals surface area contributed by atoms with Crippen molar-refractivity contribution in [1.29, 1.82) is 0 Å². The second kappa shape index (κ2) is 3.44. The molecule has 0 aliphatic heterocycles. The van der Waals surface area contributed by atoms with Crippen LogP contribution in [0.4, 0.5) is 0 Å². The number of hydrogen-bond donors (Lipinski definition) is 0. The summed E-state index contributed by atoms with van der Waals surface area (Å²) in [5.41, 5.74) is 1.09. The third-order valence-corrected chi connectivity index (χ3v) is 2.48. The van der Waals surface area contributed by atoms with Crippen LogP contribution in [0, 0.1) is 5.92 Å². The van der Waals surface area contributed by atoms with E-state index < -0.39 is 0 Å². The molecule has 1 fully saturated rings. The first-order valence-corrected chi connectivity index (χ1v) is 4.89. The van der Waals surface area contributed by atoms with E-state index in [0.717, 1.165) is 18.4 Å². The average Bonchev–Trinajstić information content (AvgIpc) is 2.91. The molecule has 1 aromatic rings. The molecule has 0 N–H and O–H groups in total. The van der Waals surface area contributed by atoms with E-state index in [2.05, 4.69) is 5.10 Å². The minimum Gasteiger partial charge on any atom is -0.341 e. The van der Waals surface area contributed by atoms with E-state index in [0.29, 0.717) is 12.5 Å². The van der Waals surface area contributed by atoms with Crippen LogP contribution in [-0.2, 0) is 18.4 Å². The molecule has 1 saturated carbocycles. The van der Waals surface area contributed by atoms with Crippen LogP contribution in [0.5, 0.6) is 0 Å². The second-order valence-electron chi connectivity index (χ2n) is 3.99. The van der Waals surface area contributed by atoms with Gasteiger partial charge in [-0.3, -0.25) is 9.48 Å². The van der Waals surface area contributed by atoms with Crippen LogP contribution in [0.1, 0.15) is 18.4 Å². The van der Waals surface area contributed by atoms with Gasteiger partial charge < -0.3 is 4.90 Å². The number of carbonyl (C=O) groups excluding carboxylic acids is 1. The Morgan fingerprint density at radius 2 is 2.43 bits per heavy atom. The van der Waals surface area contributed by atoms with E-state index in [1.54, 1.807) is 15.8 Å². The molecular formula is C10H15N3O. The molecule has 4 heteroatoms. The fourth-order valence-electron chi connectivity index (χ4n) is 1.55. The van der Waals surface area contributed by atoms with Gasteiger partial charge in [0.05, 0.1) is 6.20 Å². The molecule has 14 heavy (non-hydrogen) atoms. The Kier molecular flexibility index (Phi) is 2.27. The minimum atomic E-state index is 0.272. The van der Waals surface area contributed by atoms with Crippen molar-refractivity contribution in [2.45, 2.75) is 19.4 Å². The van der Waals surface area contributed by atoms with Crippen molar-refractivity contribution in [3.05, 3.63) is 18.0 Å². The molecule has 0 atom stereocenters. The van der Waals surface area contributed by atoms with Crippen LogP contribution in [0.25, 0.3) is 0 Å². The fraction of sp³-hybridized carbons (Fsp3) is 0.600. The quantitative estimate of drug-likeness (QED) is 0.711. The molecule has 1 aliphatic rings. The number of carbonyl (C=O) groups is 1. The molecule has 0 spiro atoms. The Morgan fingerprint density at radius 3 is 2.93 bits per heavy atom. The van der Waals surface area contributed by atoms with Crippen molar-refractivity contribution in [3.63, 3.8) is 0 Å². The van der Waals surface area contributed by atoms with Crippen molar-refractivity contribution in [1.82, 2.24) is 14.7 Å². The van der Waals surface area contributed by atoms with Gasteiger partial charge in [-0.1, -0.05) is 0 Å². The second-order valence-corrected chi connectivity index (χ2v) is 3.99. The lowest BCUT2D eigenvalue weighted by atomic mass is 10.3. The largest absolute Gasteiger partial charge is 0.341 e. The highest BCUT2D eigenvalue weighted by atomic mass is 16.2. The first kappa shape index (κ1) is 9.24. The van der Waals surface area contributed by atoms with Crippen LogP contribution >= 0.6 is 0 Å². The van der Waals surface area contributed by atoms with Gasteiger partial charge in [0.1, 0.15) is 0 Å². The van der Waals surface area contributed by atoms with Crippen molar-refractivity contribution < 1.29 is 4.79 Å². The summed E-state index contributed by atoms with van der Waals surface area (Å²) < 4.78 is 1.75. The fourth-order valence-corrected chi connectivity index (χ4v) is 1.55. The van der Waals surface area contributed by atoms with Gasteiger partial charge in [0.15, 0.2) is 0 Å². The molecule has 4 nitrogen and oxygen atoms in total. The zero-order chi connectivity index (χ0) is 10.1. The van der Waals surface area contributed by atoms with Gasteiger partial charge in [-0.15, -0.1) is 0 Å². The standard InChI is InChI=1S/C10H15N3O/c1-12(10(14)9-3-4-9)6-8-5-11-13(2)7-8/h5,7,9H,3-4,6H2,1-2H3. The third-order valence-electron chi connectivity index (χ3n) is 2.48. The summed E-state index contributed by atoms with van der Waals surface area (Å²) in [5.74, 6) is 0.575. The van der Waals surface area contributed by atoms with E-state index >= 15 is 0 Å². The van der Waals surface area contributed by atoms with Crippen LogP contribution in [0.15, 0.2) is 12.4 Å². The lowest BCUT2D eigenvalue weighted by Gasteiger charge is -2.15. The van der Waals surface area contributed by atoms with E-state index in [-0.39, 0.29) is 5.91 Å². The molecule has 76 valence electrons. The third kappa shape index (κ3) is 1.95. The zero-order valence-corrected chi connectivity index (χ0v) is 8.60. The van der Waals surface area contributed by atoms with Gasteiger partial charge in [0.25, 0.3) is 0 Å². The Hall–Kier alpha value is -1.32. The highest BCUT2D eigenvalue weighted by molar-refractivity contribution is 5.80. The van der Waals surface area contributed by atoms with Crippen molar-refractivity contribution >= 4 is 5.91 Å². The Balaban J connectivity index is 1.93. The number of amides is 1. The molecule has 0 radical (unpaired) electrons. The van der Waals surface area contributed by atoms with E-state index in [1.807, 2.05) is 20.3 Å². The minimum absolute atomic E-state index is 0.272. The Bertz CT molecular complexity index is 341. The molecule has 0 bridgehead atoms. The van der Waals surface area contributed by atoms with Crippen LogP contribution in [0.3, 0.4) is 0 Å². The molecule has 1 aliphatic carbocycles. The van der Waals surface area contributed by atoms with Crippen LogP contribution in [-0.4, -0.2) is 27.6 Å². The maximum absolute atomic E-state index is 11.6. The number of hydrogen-bond acceptors (Lipinski definition) is 2. The van der Waals surface area contributed by atoms with Gasteiger partial charge in [0.2, 0.25) is 5.91 Å². The maximum Gasteiger partial charge on any atom is 0.225 e. The Morgan fingerprint density at radius 1 is 1.71 bits per heavy atom. The van der Waals surface area contributed by atoms with Crippen LogP contribution < -0.4 is 0 Å². The number of nitrogens with zero attached hydrogens (tertiary/aromatic N) is 3. The van der Waals surface area contributed by atoms with Crippen molar-refractivity contribution in [3.8, 4) is 0 Å². The number of aryl methyl sites for hydroxylation is 1.